The Bertz CT molecular complexity index is 1260. The maximum absolute atomic E-state index is 13.6. The van der Waals surface area contributed by atoms with E-state index in [2.05, 4.69) is 22.5 Å². The summed E-state index contributed by atoms with van der Waals surface area (Å²) >= 11 is 12.2. The Labute approximate surface area is 235 Å². The summed E-state index contributed by atoms with van der Waals surface area (Å²) in [6.07, 6.45) is 5.16. The smallest absolute Gasteiger partial charge is 0.268 e. The van der Waals surface area contributed by atoms with E-state index in [1.54, 1.807) is 11.9 Å². The van der Waals surface area contributed by atoms with E-state index in [9.17, 15) is 9.59 Å². The second-order valence-corrected chi connectivity index (χ2v) is 10.8. The largest absolute Gasteiger partial charge is 0.347 e. The molecule has 200 valence electrons. The van der Waals surface area contributed by atoms with Crippen LogP contribution in [0.4, 0.5) is 0 Å². The molecule has 1 heterocycles. The molecule has 0 bridgehead atoms. The van der Waals surface area contributed by atoms with Gasteiger partial charge in [-0.3, -0.25) is 14.6 Å². The van der Waals surface area contributed by atoms with E-state index in [4.69, 9.17) is 23.2 Å². The number of nitrogens with zero attached hydrogens (tertiary/aromatic N) is 2. The molecule has 1 N–H and O–H groups in total. The number of rotatable bonds is 9. The van der Waals surface area contributed by atoms with Gasteiger partial charge in [0.1, 0.15) is 0 Å². The summed E-state index contributed by atoms with van der Waals surface area (Å²) in [6.45, 7) is 2.90. The van der Waals surface area contributed by atoms with Crippen molar-refractivity contribution in [2.24, 2.45) is 0 Å². The van der Waals surface area contributed by atoms with Gasteiger partial charge in [0.2, 0.25) is 5.91 Å². The van der Waals surface area contributed by atoms with Gasteiger partial charge in [-0.05, 0) is 73.4 Å². The first-order valence-electron chi connectivity index (χ1n) is 13.2. The third-order valence-corrected chi connectivity index (χ3v) is 8.19. The molecular formula is C31H35Cl2N3O2. The lowest BCUT2D eigenvalue weighted by atomic mass is 9.81. The third kappa shape index (κ3) is 6.76. The fourth-order valence-corrected chi connectivity index (χ4v) is 5.67. The SMILES string of the molecule is CC(=O)NC1(c2ccccc2)CCN(N(C)C(=O)c2ccccc2CCCCc2ccc(Cl)c(Cl)c2)CC1. The van der Waals surface area contributed by atoms with Crippen LogP contribution >= 0.6 is 23.2 Å². The number of unbranched alkanes of at least 4 members (excludes halogenated alkanes) is 1. The summed E-state index contributed by atoms with van der Waals surface area (Å²) in [4.78, 5) is 25.6. The van der Waals surface area contributed by atoms with Crippen LogP contribution in [0.1, 0.15) is 59.7 Å². The molecule has 38 heavy (non-hydrogen) atoms. The number of hydrogen-bond acceptors (Lipinski definition) is 3. The van der Waals surface area contributed by atoms with Gasteiger partial charge >= 0.3 is 0 Å². The predicted molar refractivity (Wildman–Crippen MR) is 154 cm³/mol. The summed E-state index contributed by atoms with van der Waals surface area (Å²) in [5, 5.41) is 8.19. The summed E-state index contributed by atoms with van der Waals surface area (Å²) < 4.78 is 0. The molecule has 0 aromatic heterocycles. The first kappa shape index (κ1) is 28.2. The highest BCUT2D eigenvalue weighted by Crippen LogP contribution is 2.33. The minimum atomic E-state index is -0.417. The summed E-state index contributed by atoms with van der Waals surface area (Å²) in [5.41, 5.74) is 3.66. The van der Waals surface area contributed by atoms with E-state index in [0.717, 1.165) is 55.2 Å². The predicted octanol–water partition coefficient (Wildman–Crippen LogP) is 6.67. The summed E-state index contributed by atoms with van der Waals surface area (Å²) in [5.74, 6) is -0.0448. The molecule has 0 aliphatic carbocycles. The molecule has 2 amide bonds. The van der Waals surface area contributed by atoms with E-state index in [1.165, 1.54) is 5.56 Å². The number of carbonyl (C=O) groups excluding carboxylic acids is 2. The maximum atomic E-state index is 13.6. The number of hydrogen-bond donors (Lipinski definition) is 1. The molecule has 4 rings (SSSR count). The van der Waals surface area contributed by atoms with Crippen molar-refractivity contribution in [3.63, 3.8) is 0 Å². The number of amides is 2. The molecule has 0 radical (unpaired) electrons. The Balaban J connectivity index is 1.37. The van der Waals surface area contributed by atoms with Crippen LogP contribution in [0.3, 0.4) is 0 Å². The van der Waals surface area contributed by atoms with E-state index in [-0.39, 0.29) is 11.8 Å². The molecule has 1 aliphatic rings. The molecule has 1 fully saturated rings. The van der Waals surface area contributed by atoms with E-state index >= 15 is 0 Å². The van der Waals surface area contributed by atoms with Crippen LogP contribution in [0.25, 0.3) is 0 Å². The second kappa shape index (κ2) is 12.8. The zero-order chi connectivity index (χ0) is 27.1. The molecule has 0 spiro atoms. The van der Waals surface area contributed by atoms with Crippen molar-refractivity contribution in [1.82, 2.24) is 15.3 Å². The van der Waals surface area contributed by atoms with Crippen LogP contribution in [0.2, 0.25) is 10.0 Å². The molecule has 0 unspecified atom stereocenters. The number of halogens is 2. The van der Waals surface area contributed by atoms with Crippen molar-refractivity contribution >= 4 is 35.0 Å². The highest BCUT2D eigenvalue weighted by molar-refractivity contribution is 6.42. The van der Waals surface area contributed by atoms with Crippen LogP contribution in [0.15, 0.2) is 72.8 Å². The van der Waals surface area contributed by atoms with Gasteiger partial charge < -0.3 is 5.32 Å². The molecule has 1 saturated heterocycles. The first-order valence-corrected chi connectivity index (χ1v) is 13.9. The van der Waals surface area contributed by atoms with Gasteiger partial charge in [0, 0.05) is 32.6 Å². The highest BCUT2D eigenvalue weighted by atomic mass is 35.5. The zero-order valence-corrected chi connectivity index (χ0v) is 23.6. The lowest BCUT2D eigenvalue weighted by Crippen LogP contribution is -2.56. The average Bonchev–Trinajstić information content (AvgIpc) is 2.93. The quantitative estimate of drug-likeness (QED) is 0.302. The van der Waals surface area contributed by atoms with Crippen LogP contribution in [0, 0.1) is 0 Å². The monoisotopic (exact) mass is 551 g/mol. The van der Waals surface area contributed by atoms with Crippen molar-refractivity contribution in [3.05, 3.63) is 105 Å². The van der Waals surface area contributed by atoms with Crippen molar-refractivity contribution in [3.8, 4) is 0 Å². The van der Waals surface area contributed by atoms with Gasteiger partial charge in [-0.1, -0.05) is 77.8 Å². The molecule has 1 aliphatic heterocycles. The highest BCUT2D eigenvalue weighted by Gasteiger charge is 2.38. The molecule has 3 aromatic carbocycles. The number of carbonyl (C=O) groups is 2. The van der Waals surface area contributed by atoms with Crippen molar-refractivity contribution < 1.29 is 9.59 Å². The van der Waals surface area contributed by atoms with Crippen LogP contribution < -0.4 is 5.32 Å². The Hall–Kier alpha value is -2.86. The number of aryl methyl sites for hydroxylation is 2. The second-order valence-electron chi connectivity index (χ2n) is 10.0. The molecule has 7 heteroatoms. The lowest BCUT2D eigenvalue weighted by molar-refractivity contribution is -0.122. The van der Waals surface area contributed by atoms with Crippen LogP contribution in [-0.4, -0.2) is 42.0 Å². The van der Waals surface area contributed by atoms with E-state index < -0.39 is 5.54 Å². The van der Waals surface area contributed by atoms with Gasteiger partial charge in [0.25, 0.3) is 5.91 Å². The van der Waals surface area contributed by atoms with Gasteiger partial charge in [0.05, 0.1) is 15.6 Å². The molecule has 0 atom stereocenters. The topological polar surface area (TPSA) is 52.7 Å². The Kier molecular flexibility index (Phi) is 9.48. The first-order chi connectivity index (χ1) is 18.3. The Morgan fingerprint density at radius 2 is 1.55 bits per heavy atom. The minimum Gasteiger partial charge on any atom is -0.347 e. The average molecular weight is 553 g/mol. The normalized spacial score (nSPS) is 15.2. The number of benzene rings is 3. The maximum Gasteiger partial charge on any atom is 0.268 e. The van der Waals surface area contributed by atoms with E-state index in [0.29, 0.717) is 23.1 Å². The van der Waals surface area contributed by atoms with Gasteiger partial charge in [-0.15, -0.1) is 0 Å². The van der Waals surface area contributed by atoms with Gasteiger partial charge in [-0.25, -0.2) is 5.01 Å². The van der Waals surface area contributed by atoms with Gasteiger partial charge in [-0.2, -0.15) is 0 Å². The van der Waals surface area contributed by atoms with Crippen LogP contribution in [0.5, 0.6) is 0 Å². The molecule has 5 nitrogen and oxygen atoms in total. The number of hydrazine groups is 1. The number of piperidine rings is 1. The van der Waals surface area contributed by atoms with Crippen molar-refractivity contribution in [2.75, 3.05) is 20.1 Å². The third-order valence-electron chi connectivity index (χ3n) is 7.45. The zero-order valence-electron chi connectivity index (χ0n) is 22.1. The summed E-state index contributed by atoms with van der Waals surface area (Å²) in [7, 11) is 1.84. The van der Waals surface area contributed by atoms with E-state index in [1.807, 2.05) is 67.7 Å². The summed E-state index contributed by atoms with van der Waals surface area (Å²) in [6, 6.07) is 23.8. The molecule has 3 aromatic rings. The van der Waals surface area contributed by atoms with Crippen molar-refractivity contribution in [1.29, 1.82) is 0 Å². The lowest BCUT2D eigenvalue weighted by Gasteiger charge is -2.45. The van der Waals surface area contributed by atoms with Crippen molar-refractivity contribution in [2.45, 2.75) is 51.0 Å². The molecular weight excluding hydrogens is 517 g/mol. The standard InChI is InChI=1S/C31H35Cl2N3O2/c1-23(37)34-31(26-13-4-3-5-14-26)18-20-36(21-19-31)35(2)30(38)27-15-9-8-12-25(27)11-7-6-10-24-16-17-28(32)29(33)22-24/h3-5,8-9,12-17,22H,6-7,10-11,18-21H2,1-2H3,(H,34,37). The minimum absolute atomic E-state index is 0.00294. The van der Waals surface area contributed by atoms with Gasteiger partial charge in [0.15, 0.2) is 0 Å². The number of nitrogens with one attached hydrogen (secondary N) is 1. The Morgan fingerprint density at radius 1 is 0.895 bits per heavy atom. The van der Waals surface area contributed by atoms with Crippen LogP contribution in [-0.2, 0) is 23.2 Å². The fourth-order valence-electron chi connectivity index (χ4n) is 5.35. The molecule has 0 saturated carbocycles. The Morgan fingerprint density at radius 3 is 2.24 bits per heavy atom. The fraction of sp³-hybridized carbons (Fsp3) is 0.355.